The van der Waals surface area contributed by atoms with Gasteiger partial charge in [0.2, 0.25) is 0 Å². The molecule has 2 aliphatic heterocycles. The number of piperidine rings is 1. The van der Waals surface area contributed by atoms with Gasteiger partial charge in [0.1, 0.15) is 0 Å². The number of hydrogen-bond donors (Lipinski definition) is 0. The summed E-state index contributed by atoms with van der Waals surface area (Å²) in [6.45, 7) is 11.1. The lowest BCUT2D eigenvalue weighted by Gasteiger charge is -2.37. The van der Waals surface area contributed by atoms with Crippen molar-refractivity contribution in [2.45, 2.75) is 31.9 Å². The lowest BCUT2D eigenvalue weighted by Crippen LogP contribution is -2.49. The Balaban J connectivity index is 1.64. The highest BCUT2D eigenvalue weighted by Gasteiger charge is 2.23. The van der Waals surface area contributed by atoms with Crippen molar-refractivity contribution >= 4 is 0 Å². The largest absolute Gasteiger partial charge is 0.382 e. The second-order valence-corrected chi connectivity index (χ2v) is 5.89. The molecule has 0 N–H and O–H groups in total. The molecular weight excluding hydrogens is 256 g/mol. The molecule has 0 saturated carbocycles. The first-order valence-electron chi connectivity index (χ1n) is 7.94. The smallest absolute Gasteiger partial charge is 0.0704 e. The zero-order chi connectivity index (χ0) is 14.2. The quantitative estimate of drug-likeness (QED) is 0.648. The molecule has 0 aliphatic carbocycles. The van der Waals surface area contributed by atoms with Crippen LogP contribution in [0.1, 0.15) is 19.8 Å². The first kappa shape index (κ1) is 16.2. The molecule has 2 aliphatic rings. The minimum absolute atomic E-state index is 0.390. The summed E-state index contributed by atoms with van der Waals surface area (Å²) in [5.41, 5.74) is 0. The van der Waals surface area contributed by atoms with Crippen LogP contribution in [-0.2, 0) is 14.2 Å². The Morgan fingerprint density at radius 2 is 2.10 bits per heavy atom. The first-order valence-corrected chi connectivity index (χ1v) is 7.94. The third kappa shape index (κ3) is 5.30. The molecule has 2 heterocycles. The van der Waals surface area contributed by atoms with Crippen molar-refractivity contribution in [1.82, 2.24) is 9.80 Å². The normalized spacial score (nSPS) is 29.7. The molecule has 2 unspecified atom stereocenters. The van der Waals surface area contributed by atoms with E-state index < -0.39 is 0 Å². The summed E-state index contributed by atoms with van der Waals surface area (Å²) in [6.07, 6.45) is 2.82. The Hall–Kier alpha value is -0.200. The van der Waals surface area contributed by atoms with Crippen LogP contribution in [0.3, 0.4) is 0 Å². The van der Waals surface area contributed by atoms with Crippen molar-refractivity contribution in [2.24, 2.45) is 0 Å². The Morgan fingerprint density at radius 1 is 1.20 bits per heavy atom. The van der Waals surface area contributed by atoms with Crippen molar-refractivity contribution in [3.05, 3.63) is 0 Å². The fraction of sp³-hybridized carbons (Fsp3) is 1.00. The maximum absolute atomic E-state index is 5.87. The Morgan fingerprint density at radius 3 is 2.90 bits per heavy atom. The van der Waals surface area contributed by atoms with Gasteiger partial charge in [0.05, 0.1) is 32.5 Å². The van der Waals surface area contributed by atoms with Gasteiger partial charge in [-0.15, -0.1) is 0 Å². The number of rotatable bonds is 7. The summed E-state index contributed by atoms with van der Waals surface area (Å²) in [4.78, 5) is 5.09. The number of ether oxygens (including phenoxy) is 3. The second-order valence-electron chi connectivity index (χ2n) is 5.89. The molecule has 20 heavy (non-hydrogen) atoms. The number of morpholine rings is 1. The molecule has 0 aromatic heterocycles. The maximum Gasteiger partial charge on any atom is 0.0704 e. The van der Waals surface area contributed by atoms with Gasteiger partial charge in [-0.05, 0) is 26.3 Å². The molecule has 5 nitrogen and oxygen atoms in total. The SMILES string of the molecule is COCCOC1CCCN(CCN2CCOCC2C)C1. The Kier molecular flexibility index (Phi) is 7.24. The highest BCUT2D eigenvalue weighted by Crippen LogP contribution is 2.14. The van der Waals surface area contributed by atoms with Crippen LogP contribution >= 0.6 is 0 Å². The number of nitrogens with zero attached hydrogens (tertiary/aromatic N) is 2. The maximum atomic E-state index is 5.87. The number of likely N-dealkylation sites (tertiary alicyclic amines) is 1. The molecule has 0 radical (unpaired) electrons. The monoisotopic (exact) mass is 286 g/mol. The summed E-state index contributed by atoms with van der Waals surface area (Å²) in [6, 6.07) is 0.558. The molecule has 0 bridgehead atoms. The van der Waals surface area contributed by atoms with E-state index in [9.17, 15) is 0 Å². The molecule has 0 spiro atoms. The summed E-state index contributed by atoms with van der Waals surface area (Å²) < 4.78 is 16.4. The van der Waals surface area contributed by atoms with Gasteiger partial charge in [0, 0.05) is 39.3 Å². The van der Waals surface area contributed by atoms with Crippen LogP contribution in [0, 0.1) is 0 Å². The molecule has 0 aromatic carbocycles. The van der Waals surface area contributed by atoms with Crippen molar-refractivity contribution in [3.63, 3.8) is 0 Å². The van der Waals surface area contributed by atoms with E-state index in [-0.39, 0.29) is 0 Å². The second kappa shape index (κ2) is 8.95. The van der Waals surface area contributed by atoms with Crippen molar-refractivity contribution in [2.75, 3.05) is 66.3 Å². The van der Waals surface area contributed by atoms with Gasteiger partial charge in [-0.1, -0.05) is 0 Å². The summed E-state index contributed by atoms with van der Waals surface area (Å²) in [7, 11) is 1.72. The molecule has 118 valence electrons. The topological polar surface area (TPSA) is 34.2 Å². The van der Waals surface area contributed by atoms with Crippen LogP contribution in [0.4, 0.5) is 0 Å². The van der Waals surface area contributed by atoms with Gasteiger partial charge >= 0.3 is 0 Å². The van der Waals surface area contributed by atoms with E-state index >= 15 is 0 Å². The summed E-state index contributed by atoms with van der Waals surface area (Å²) >= 11 is 0. The van der Waals surface area contributed by atoms with Crippen LogP contribution in [-0.4, -0.2) is 88.2 Å². The van der Waals surface area contributed by atoms with E-state index in [1.54, 1.807) is 7.11 Å². The zero-order valence-electron chi connectivity index (χ0n) is 13.1. The average Bonchev–Trinajstić information content (AvgIpc) is 2.47. The lowest BCUT2D eigenvalue weighted by atomic mass is 10.1. The highest BCUT2D eigenvalue weighted by atomic mass is 16.5. The van der Waals surface area contributed by atoms with Crippen LogP contribution < -0.4 is 0 Å². The molecule has 0 aromatic rings. The van der Waals surface area contributed by atoms with Crippen molar-refractivity contribution in [3.8, 4) is 0 Å². The van der Waals surface area contributed by atoms with E-state index in [0.29, 0.717) is 18.8 Å². The molecule has 2 atom stereocenters. The third-order valence-corrected chi connectivity index (χ3v) is 4.31. The number of methoxy groups -OCH3 is 1. The molecular formula is C15H30N2O3. The summed E-state index contributed by atoms with van der Waals surface area (Å²) in [5.74, 6) is 0. The van der Waals surface area contributed by atoms with Gasteiger partial charge in [0.25, 0.3) is 0 Å². The lowest BCUT2D eigenvalue weighted by molar-refractivity contribution is -0.0303. The van der Waals surface area contributed by atoms with Gasteiger partial charge in [-0.2, -0.15) is 0 Å². The van der Waals surface area contributed by atoms with E-state index in [1.165, 1.54) is 19.4 Å². The fourth-order valence-corrected chi connectivity index (χ4v) is 3.01. The van der Waals surface area contributed by atoms with Crippen LogP contribution in [0.5, 0.6) is 0 Å². The zero-order valence-corrected chi connectivity index (χ0v) is 13.1. The standard InChI is InChI=1S/C15H30N2O3/c1-14-13-19-9-8-17(14)7-6-16-5-3-4-15(12-16)20-11-10-18-2/h14-15H,3-13H2,1-2H3. The van der Waals surface area contributed by atoms with Crippen molar-refractivity contribution < 1.29 is 14.2 Å². The van der Waals surface area contributed by atoms with E-state index in [0.717, 1.165) is 46.0 Å². The van der Waals surface area contributed by atoms with Crippen molar-refractivity contribution in [1.29, 1.82) is 0 Å². The number of hydrogen-bond acceptors (Lipinski definition) is 5. The minimum atomic E-state index is 0.390. The van der Waals surface area contributed by atoms with Gasteiger partial charge in [-0.25, -0.2) is 0 Å². The molecule has 2 fully saturated rings. The Bertz CT molecular complexity index is 266. The highest BCUT2D eigenvalue weighted by molar-refractivity contribution is 4.77. The van der Waals surface area contributed by atoms with E-state index in [4.69, 9.17) is 14.2 Å². The Labute approximate surface area is 123 Å². The summed E-state index contributed by atoms with van der Waals surface area (Å²) in [5, 5.41) is 0. The van der Waals surface area contributed by atoms with Gasteiger partial charge in [-0.3, -0.25) is 9.80 Å². The predicted molar refractivity (Wildman–Crippen MR) is 79.1 cm³/mol. The molecule has 5 heteroatoms. The molecule has 2 rings (SSSR count). The van der Waals surface area contributed by atoms with E-state index in [2.05, 4.69) is 16.7 Å². The predicted octanol–water partition coefficient (Wildman–Crippen LogP) is 0.835. The average molecular weight is 286 g/mol. The van der Waals surface area contributed by atoms with Gasteiger partial charge in [0.15, 0.2) is 0 Å². The first-order chi connectivity index (χ1) is 9.79. The van der Waals surface area contributed by atoms with Crippen LogP contribution in [0.15, 0.2) is 0 Å². The van der Waals surface area contributed by atoms with Crippen LogP contribution in [0.2, 0.25) is 0 Å². The van der Waals surface area contributed by atoms with E-state index in [1.807, 2.05) is 0 Å². The fourth-order valence-electron chi connectivity index (χ4n) is 3.01. The van der Waals surface area contributed by atoms with Gasteiger partial charge < -0.3 is 14.2 Å². The van der Waals surface area contributed by atoms with Crippen LogP contribution in [0.25, 0.3) is 0 Å². The molecule has 2 saturated heterocycles. The third-order valence-electron chi connectivity index (χ3n) is 4.31. The minimum Gasteiger partial charge on any atom is -0.382 e. The molecule has 0 amide bonds.